The molecule has 0 heterocycles. The van der Waals surface area contributed by atoms with Gasteiger partial charge in [-0.2, -0.15) is 0 Å². The van der Waals surface area contributed by atoms with Crippen LogP contribution in [0, 0.1) is 5.82 Å². The third kappa shape index (κ3) is 4.79. The number of hydrogen-bond acceptors (Lipinski definition) is 5. The van der Waals surface area contributed by atoms with Gasteiger partial charge in [0.25, 0.3) is 0 Å². The number of amides is 1. The predicted molar refractivity (Wildman–Crippen MR) is 105 cm³/mol. The van der Waals surface area contributed by atoms with Gasteiger partial charge in [-0.3, -0.25) is 9.10 Å². The van der Waals surface area contributed by atoms with Crippen molar-refractivity contribution in [2.45, 2.75) is 13.0 Å². The number of methoxy groups -OCH3 is 1. The summed E-state index contributed by atoms with van der Waals surface area (Å²) in [5, 5.41) is 2.62. The minimum Gasteiger partial charge on any atom is -0.465 e. The number of sulfonamides is 1. The van der Waals surface area contributed by atoms with Crippen molar-refractivity contribution in [1.29, 1.82) is 0 Å². The maximum Gasteiger partial charge on any atom is 0.339 e. The molecule has 1 amide bonds. The van der Waals surface area contributed by atoms with Crippen molar-refractivity contribution in [2.24, 2.45) is 0 Å². The monoisotopic (exact) mass is 428 g/mol. The highest BCUT2D eigenvalue weighted by Gasteiger charge is 2.31. The molecule has 0 aromatic heterocycles. The lowest BCUT2D eigenvalue weighted by Crippen LogP contribution is -2.45. The molecule has 0 spiro atoms. The number of carbonyl (C=O) groups is 2. The molecule has 1 atom stereocenters. The Bertz CT molecular complexity index is 1010. The molecule has 2 aromatic carbocycles. The third-order valence-electron chi connectivity index (χ3n) is 3.82. The van der Waals surface area contributed by atoms with Gasteiger partial charge in [-0.15, -0.1) is 0 Å². The maximum absolute atomic E-state index is 14.1. The fraction of sp³-hybridized carbons (Fsp3) is 0.222. The molecule has 0 radical (unpaired) electrons. The Morgan fingerprint density at radius 3 is 2.43 bits per heavy atom. The molecule has 0 saturated heterocycles. The lowest BCUT2D eigenvalue weighted by atomic mass is 10.2. The quantitative estimate of drug-likeness (QED) is 0.714. The maximum atomic E-state index is 14.1. The number of para-hydroxylation sites is 1. The zero-order chi connectivity index (χ0) is 21.1. The summed E-state index contributed by atoms with van der Waals surface area (Å²) >= 11 is 5.93. The lowest BCUT2D eigenvalue weighted by molar-refractivity contribution is -0.116. The molecule has 0 unspecified atom stereocenters. The molecule has 0 bridgehead atoms. The second-order valence-corrected chi connectivity index (χ2v) is 8.13. The minimum atomic E-state index is -3.97. The van der Waals surface area contributed by atoms with E-state index >= 15 is 0 Å². The first kappa shape index (κ1) is 21.6. The zero-order valence-corrected chi connectivity index (χ0v) is 16.8. The largest absolute Gasteiger partial charge is 0.465 e. The highest BCUT2D eigenvalue weighted by molar-refractivity contribution is 7.92. The highest BCUT2D eigenvalue weighted by atomic mass is 35.5. The van der Waals surface area contributed by atoms with E-state index in [1.54, 1.807) is 0 Å². The van der Waals surface area contributed by atoms with Gasteiger partial charge in [0, 0.05) is 5.69 Å². The molecule has 0 saturated carbocycles. The number of hydrogen-bond donors (Lipinski definition) is 1. The minimum absolute atomic E-state index is 0.0312. The summed E-state index contributed by atoms with van der Waals surface area (Å²) in [4.78, 5) is 24.4. The Labute approximate surface area is 167 Å². The number of anilines is 2. The normalized spacial score (nSPS) is 12.2. The first-order valence-corrected chi connectivity index (χ1v) is 10.2. The van der Waals surface area contributed by atoms with E-state index in [1.807, 2.05) is 0 Å². The molecule has 10 heteroatoms. The van der Waals surface area contributed by atoms with Crippen LogP contribution in [0.15, 0.2) is 42.5 Å². The SMILES string of the molecule is COC(=O)c1cc(NC(=O)[C@@H](C)N(c2ccccc2F)S(C)(=O)=O)ccc1Cl. The Kier molecular flexibility index (Phi) is 6.63. The number of benzene rings is 2. The van der Waals surface area contributed by atoms with E-state index in [9.17, 15) is 22.4 Å². The topological polar surface area (TPSA) is 92.8 Å². The van der Waals surface area contributed by atoms with E-state index in [4.69, 9.17) is 11.6 Å². The Morgan fingerprint density at radius 1 is 1.21 bits per heavy atom. The van der Waals surface area contributed by atoms with Gasteiger partial charge in [-0.25, -0.2) is 17.6 Å². The highest BCUT2D eigenvalue weighted by Crippen LogP contribution is 2.25. The van der Waals surface area contributed by atoms with Crippen LogP contribution in [-0.2, 0) is 19.6 Å². The number of esters is 1. The Morgan fingerprint density at radius 2 is 1.86 bits per heavy atom. The number of halogens is 2. The van der Waals surface area contributed by atoms with Gasteiger partial charge in [0.15, 0.2) is 0 Å². The molecular weight excluding hydrogens is 411 g/mol. The molecular formula is C18H18ClFN2O5S. The molecule has 28 heavy (non-hydrogen) atoms. The molecule has 150 valence electrons. The molecule has 0 fully saturated rings. The van der Waals surface area contributed by atoms with Gasteiger partial charge in [0.1, 0.15) is 11.9 Å². The first-order valence-electron chi connectivity index (χ1n) is 7.99. The Balaban J connectivity index is 2.35. The van der Waals surface area contributed by atoms with Gasteiger partial charge in [-0.1, -0.05) is 23.7 Å². The smallest absolute Gasteiger partial charge is 0.339 e. The average molecular weight is 429 g/mol. The van der Waals surface area contributed by atoms with Crippen LogP contribution in [0.5, 0.6) is 0 Å². The molecule has 7 nitrogen and oxygen atoms in total. The van der Waals surface area contributed by atoms with Crippen molar-refractivity contribution in [3.05, 3.63) is 58.9 Å². The lowest BCUT2D eigenvalue weighted by Gasteiger charge is -2.28. The van der Waals surface area contributed by atoms with E-state index in [-0.39, 0.29) is 22.0 Å². The van der Waals surface area contributed by atoms with Crippen molar-refractivity contribution >= 4 is 44.9 Å². The Hall–Kier alpha value is -2.65. The van der Waals surface area contributed by atoms with Crippen LogP contribution in [0.4, 0.5) is 15.8 Å². The summed E-state index contributed by atoms with van der Waals surface area (Å²) < 4.78 is 43.9. The van der Waals surface area contributed by atoms with E-state index in [0.29, 0.717) is 4.31 Å². The second kappa shape index (κ2) is 8.57. The molecule has 2 aromatic rings. The number of carbonyl (C=O) groups excluding carboxylic acids is 2. The third-order valence-corrected chi connectivity index (χ3v) is 5.37. The first-order chi connectivity index (χ1) is 13.1. The average Bonchev–Trinajstić information content (AvgIpc) is 2.63. The van der Waals surface area contributed by atoms with Crippen LogP contribution in [0.1, 0.15) is 17.3 Å². The van der Waals surface area contributed by atoms with E-state index in [2.05, 4.69) is 10.1 Å². The van der Waals surface area contributed by atoms with Crippen LogP contribution in [0.25, 0.3) is 0 Å². The summed E-state index contributed by atoms with van der Waals surface area (Å²) in [6.45, 7) is 1.32. The molecule has 0 aliphatic heterocycles. The second-order valence-electron chi connectivity index (χ2n) is 5.86. The van der Waals surface area contributed by atoms with Crippen LogP contribution in [-0.4, -0.2) is 39.7 Å². The molecule has 0 aliphatic rings. The number of nitrogens with one attached hydrogen (secondary N) is 1. The van der Waals surface area contributed by atoms with Crippen LogP contribution in [0.2, 0.25) is 5.02 Å². The summed E-state index contributed by atoms with van der Waals surface area (Å²) in [7, 11) is -2.79. The predicted octanol–water partition coefficient (Wildman–Crippen LogP) is 3.06. The number of ether oxygens (including phenoxy) is 1. The van der Waals surface area contributed by atoms with Crippen molar-refractivity contribution in [2.75, 3.05) is 23.0 Å². The van der Waals surface area contributed by atoms with Crippen molar-refractivity contribution in [3.63, 3.8) is 0 Å². The molecule has 2 rings (SSSR count). The van der Waals surface area contributed by atoms with Crippen LogP contribution < -0.4 is 9.62 Å². The van der Waals surface area contributed by atoms with E-state index < -0.39 is 33.8 Å². The van der Waals surface area contributed by atoms with Crippen molar-refractivity contribution in [3.8, 4) is 0 Å². The standard InChI is InChI=1S/C18H18ClFN2O5S/c1-11(22(28(3,25)26)16-7-5-4-6-15(16)20)17(23)21-12-8-9-14(19)13(10-12)18(24)27-2/h4-11H,1-3H3,(H,21,23)/t11-/m1/s1. The van der Waals surface area contributed by atoms with Gasteiger partial charge in [0.2, 0.25) is 15.9 Å². The van der Waals surface area contributed by atoms with Crippen molar-refractivity contribution < 1.29 is 27.1 Å². The van der Waals surface area contributed by atoms with E-state index in [0.717, 1.165) is 12.3 Å². The summed E-state index contributed by atoms with van der Waals surface area (Å²) in [6, 6.07) is 8.08. The van der Waals surface area contributed by atoms with Crippen molar-refractivity contribution in [1.82, 2.24) is 0 Å². The van der Waals surface area contributed by atoms with Gasteiger partial charge in [-0.05, 0) is 37.3 Å². The van der Waals surface area contributed by atoms with Gasteiger partial charge < -0.3 is 10.1 Å². The molecule has 0 aliphatic carbocycles. The summed E-state index contributed by atoms with van der Waals surface area (Å²) in [6.07, 6.45) is 0.876. The fourth-order valence-electron chi connectivity index (χ4n) is 2.53. The fourth-order valence-corrected chi connectivity index (χ4v) is 3.90. The molecule has 1 N–H and O–H groups in total. The van der Waals surface area contributed by atoms with E-state index in [1.165, 1.54) is 50.4 Å². The number of nitrogens with zero attached hydrogens (tertiary/aromatic N) is 1. The summed E-state index contributed by atoms with van der Waals surface area (Å²) in [5.74, 6) is -2.21. The number of rotatable bonds is 6. The van der Waals surface area contributed by atoms with Gasteiger partial charge in [0.05, 0.1) is 29.6 Å². The zero-order valence-electron chi connectivity index (χ0n) is 15.3. The summed E-state index contributed by atoms with van der Waals surface area (Å²) in [5.41, 5.74) is -0.0219. The van der Waals surface area contributed by atoms with Gasteiger partial charge >= 0.3 is 5.97 Å². The van der Waals surface area contributed by atoms with Crippen LogP contribution >= 0.6 is 11.6 Å². The van der Waals surface area contributed by atoms with Crippen LogP contribution in [0.3, 0.4) is 0 Å².